The molecule has 1 aromatic carbocycles. The smallest absolute Gasteiger partial charge is 0.296 e. The lowest BCUT2D eigenvalue weighted by Gasteiger charge is -2.04. The predicted octanol–water partition coefficient (Wildman–Crippen LogP) is 3.69. The van der Waals surface area contributed by atoms with Gasteiger partial charge in [-0.2, -0.15) is 0 Å². The molecule has 1 heterocycles. The maximum atomic E-state index is 12.0. The van der Waals surface area contributed by atoms with Gasteiger partial charge in [-0.05, 0) is 46.6 Å². The van der Waals surface area contributed by atoms with Crippen LogP contribution >= 0.6 is 27.3 Å². The van der Waals surface area contributed by atoms with Crippen LogP contribution in [0.1, 0.15) is 15.2 Å². The summed E-state index contributed by atoms with van der Waals surface area (Å²) in [5, 5.41) is 22.6. The van der Waals surface area contributed by atoms with Gasteiger partial charge in [-0.25, -0.2) is 0 Å². The number of nitro benzene ring substituents is 1. The third kappa shape index (κ3) is 2.97. The number of nitro groups is 1. The number of aromatic hydroxyl groups is 1. The van der Waals surface area contributed by atoms with Crippen molar-refractivity contribution < 1.29 is 14.8 Å². The van der Waals surface area contributed by atoms with E-state index in [-0.39, 0.29) is 17.1 Å². The fraction of sp³-hybridized carbons (Fsp3) is 0.0833. The van der Waals surface area contributed by atoms with E-state index in [1.54, 1.807) is 6.07 Å². The summed E-state index contributed by atoms with van der Waals surface area (Å²) >= 11 is 4.56. The number of thiophene rings is 1. The molecule has 0 aliphatic heterocycles. The average molecular weight is 357 g/mol. The molecule has 2 aromatic rings. The van der Waals surface area contributed by atoms with Gasteiger partial charge < -0.3 is 10.4 Å². The molecule has 104 valence electrons. The highest BCUT2D eigenvalue weighted by molar-refractivity contribution is 9.11. The van der Waals surface area contributed by atoms with Crippen molar-refractivity contribution in [1.29, 1.82) is 0 Å². The van der Waals surface area contributed by atoms with E-state index in [1.165, 1.54) is 23.5 Å². The number of rotatable bonds is 3. The van der Waals surface area contributed by atoms with E-state index in [1.807, 2.05) is 6.92 Å². The largest absolute Gasteiger partial charge is 0.508 e. The van der Waals surface area contributed by atoms with E-state index in [0.717, 1.165) is 15.4 Å². The maximum Gasteiger partial charge on any atom is 0.296 e. The quantitative estimate of drug-likeness (QED) is 0.498. The van der Waals surface area contributed by atoms with Gasteiger partial charge >= 0.3 is 0 Å². The van der Waals surface area contributed by atoms with Crippen LogP contribution in [0.25, 0.3) is 0 Å². The Morgan fingerprint density at radius 3 is 2.70 bits per heavy atom. The molecule has 0 aliphatic rings. The molecule has 0 atom stereocenters. The lowest BCUT2D eigenvalue weighted by molar-refractivity contribution is -0.384. The Morgan fingerprint density at radius 2 is 2.15 bits per heavy atom. The molecule has 6 nitrogen and oxygen atoms in total. The zero-order valence-electron chi connectivity index (χ0n) is 10.2. The second kappa shape index (κ2) is 5.59. The number of phenols is 1. The van der Waals surface area contributed by atoms with Crippen LogP contribution in [0.2, 0.25) is 0 Å². The monoisotopic (exact) mass is 356 g/mol. The van der Waals surface area contributed by atoms with Gasteiger partial charge in [0.2, 0.25) is 0 Å². The Kier molecular flexibility index (Phi) is 4.05. The first-order chi connectivity index (χ1) is 9.38. The summed E-state index contributed by atoms with van der Waals surface area (Å²) in [5.41, 5.74) is 0.603. The fourth-order valence-corrected chi connectivity index (χ4v) is 2.96. The van der Waals surface area contributed by atoms with E-state index < -0.39 is 10.8 Å². The molecule has 0 unspecified atom stereocenters. The van der Waals surface area contributed by atoms with Crippen LogP contribution in [-0.4, -0.2) is 15.9 Å². The van der Waals surface area contributed by atoms with Gasteiger partial charge in [-0.3, -0.25) is 14.9 Å². The summed E-state index contributed by atoms with van der Waals surface area (Å²) in [4.78, 5) is 22.7. The molecule has 8 heteroatoms. The Morgan fingerprint density at radius 1 is 1.45 bits per heavy atom. The van der Waals surface area contributed by atoms with Gasteiger partial charge in [-0.15, -0.1) is 11.3 Å². The van der Waals surface area contributed by atoms with Crippen molar-refractivity contribution in [3.8, 4) is 5.75 Å². The SMILES string of the molecule is Cc1cc(C(=O)Nc2ccc(O)cc2[N+](=O)[O-])sc1Br. The molecule has 0 fully saturated rings. The first-order valence-corrected chi connectivity index (χ1v) is 7.04. The van der Waals surface area contributed by atoms with Crippen LogP contribution in [-0.2, 0) is 0 Å². The molecule has 1 aromatic heterocycles. The topological polar surface area (TPSA) is 92.5 Å². The van der Waals surface area contributed by atoms with Crippen molar-refractivity contribution in [3.63, 3.8) is 0 Å². The van der Waals surface area contributed by atoms with Gasteiger partial charge in [0.15, 0.2) is 0 Å². The molecule has 0 saturated heterocycles. The van der Waals surface area contributed by atoms with Crippen LogP contribution < -0.4 is 5.32 Å². The van der Waals surface area contributed by atoms with Gasteiger partial charge in [0.05, 0.1) is 19.7 Å². The van der Waals surface area contributed by atoms with Crippen LogP contribution in [0.3, 0.4) is 0 Å². The standard InChI is InChI=1S/C12H9BrN2O4S/c1-6-4-10(20-11(6)13)12(17)14-8-3-2-7(16)5-9(8)15(18)19/h2-5,16H,1H3,(H,14,17). The molecule has 2 N–H and O–H groups in total. The second-order valence-electron chi connectivity index (χ2n) is 3.98. The Balaban J connectivity index is 2.30. The van der Waals surface area contributed by atoms with Crippen molar-refractivity contribution in [1.82, 2.24) is 0 Å². The molecule has 2 rings (SSSR count). The number of hydrogen-bond acceptors (Lipinski definition) is 5. The van der Waals surface area contributed by atoms with Crippen LogP contribution in [0.5, 0.6) is 5.75 Å². The zero-order valence-corrected chi connectivity index (χ0v) is 12.6. The normalized spacial score (nSPS) is 10.3. The third-order valence-electron chi connectivity index (χ3n) is 2.51. The number of aryl methyl sites for hydroxylation is 1. The molecule has 0 aliphatic carbocycles. The Bertz CT molecular complexity index is 679. The van der Waals surface area contributed by atoms with Gasteiger partial charge in [0.25, 0.3) is 11.6 Å². The second-order valence-corrected chi connectivity index (χ2v) is 6.35. The van der Waals surface area contributed by atoms with Crippen molar-refractivity contribution >= 4 is 44.5 Å². The number of carbonyl (C=O) groups is 1. The van der Waals surface area contributed by atoms with Crippen LogP contribution in [0, 0.1) is 17.0 Å². The highest BCUT2D eigenvalue weighted by Gasteiger charge is 2.18. The number of carbonyl (C=O) groups excluding carboxylic acids is 1. The van der Waals surface area contributed by atoms with E-state index in [2.05, 4.69) is 21.2 Å². The number of nitrogens with one attached hydrogen (secondary N) is 1. The van der Waals surface area contributed by atoms with Gasteiger partial charge in [-0.1, -0.05) is 0 Å². The summed E-state index contributed by atoms with van der Waals surface area (Å²) in [6, 6.07) is 5.25. The van der Waals surface area contributed by atoms with E-state index in [4.69, 9.17) is 0 Å². The van der Waals surface area contributed by atoms with Gasteiger partial charge in [0.1, 0.15) is 11.4 Å². The summed E-state index contributed by atoms with van der Waals surface area (Å²) in [7, 11) is 0. The maximum absolute atomic E-state index is 12.0. The summed E-state index contributed by atoms with van der Waals surface area (Å²) < 4.78 is 0.836. The van der Waals surface area contributed by atoms with Crippen LogP contribution in [0.4, 0.5) is 11.4 Å². The number of phenolic OH excluding ortho intramolecular Hbond substituents is 1. The molecule has 20 heavy (non-hydrogen) atoms. The number of anilines is 1. The van der Waals surface area contributed by atoms with E-state index in [0.29, 0.717) is 4.88 Å². The minimum atomic E-state index is -0.662. The summed E-state index contributed by atoms with van der Waals surface area (Å²) in [6.45, 7) is 1.85. The van der Waals surface area contributed by atoms with E-state index in [9.17, 15) is 20.0 Å². The minimum absolute atomic E-state index is 0.0416. The predicted molar refractivity (Wildman–Crippen MR) is 79.5 cm³/mol. The third-order valence-corrected chi connectivity index (χ3v) is 4.64. The lowest BCUT2D eigenvalue weighted by atomic mass is 10.2. The highest BCUT2D eigenvalue weighted by Crippen LogP contribution is 2.31. The van der Waals surface area contributed by atoms with Crippen molar-refractivity contribution in [2.24, 2.45) is 0 Å². The van der Waals surface area contributed by atoms with E-state index >= 15 is 0 Å². The van der Waals surface area contributed by atoms with Crippen molar-refractivity contribution in [2.75, 3.05) is 5.32 Å². The Labute approximate surface area is 126 Å². The number of hydrogen-bond donors (Lipinski definition) is 2. The minimum Gasteiger partial charge on any atom is -0.508 e. The summed E-state index contributed by atoms with van der Waals surface area (Å²) in [5.74, 6) is -0.665. The number of nitrogens with zero attached hydrogens (tertiary/aromatic N) is 1. The van der Waals surface area contributed by atoms with Crippen LogP contribution in [0.15, 0.2) is 28.1 Å². The first-order valence-electron chi connectivity index (χ1n) is 5.43. The molecule has 0 spiro atoms. The Hall–Kier alpha value is -1.93. The molecule has 0 saturated carbocycles. The highest BCUT2D eigenvalue weighted by atomic mass is 79.9. The van der Waals surface area contributed by atoms with Crippen molar-refractivity contribution in [2.45, 2.75) is 6.92 Å². The molecule has 0 bridgehead atoms. The zero-order chi connectivity index (χ0) is 14.9. The van der Waals surface area contributed by atoms with Gasteiger partial charge in [0, 0.05) is 0 Å². The first kappa shape index (κ1) is 14.5. The van der Waals surface area contributed by atoms with Crippen molar-refractivity contribution in [3.05, 3.63) is 48.6 Å². The lowest BCUT2D eigenvalue weighted by Crippen LogP contribution is -2.11. The summed E-state index contributed by atoms with van der Waals surface area (Å²) in [6.07, 6.45) is 0. The molecular formula is C12H9BrN2O4S. The number of benzene rings is 1. The molecule has 0 radical (unpaired) electrons. The fourth-order valence-electron chi connectivity index (χ4n) is 1.53. The molecule has 1 amide bonds. The average Bonchev–Trinajstić information content (AvgIpc) is 2.71. The number of amides is 1. The molecular weight excluding hydrogens is 348 g/mol. The number of halogens is 1.